The van der Waals surface area contributed by atoms with E-state index in [-0.39, 0.29) is 16.0 Å². The van der Waals surface area contributed by atoms with Gasteiger partial charge >= 0.3 is 5.97 Å². The number of hydrogen-bond acceptors (Lipinski definition) is 4. The van der Waals surface area contributed by atoms with Gasteiger partial charge in [-0.05, 0) is 47.0 Å². The number of carbonyl (C=O) groups is 1. The van der Waals surface area contributed by atoms with Crippen LogP contribution in [0.2, 0.25) is 0 Å². The van der Waals surface area contributed by atoms with Gasteiger partial charge in [0.25, 0.3) is 0 Å². The predicted octanol–water partition coefficient (Wildman–Crippen LogP) is 3.62. The number of sulfone groups is 1. The van der Waals surface area contributed by atoms with Crippen LogP contribution in [0.1, 0.15) is 21.3 Å². The van der Waals surface area contributed by atoms with Crippen LogP contribution in [-0.2, 0) is 9.84 Å². The van der Waals surface area contributed by atoms with Gasteiger partial charge in [-0.25, -0.2) is 17.6 Å². The molecule has 3 aromatic rings. The Hall–Kier alpha value is -3.03. The molecule has 1 atom stereocenters. The Bertz CT molecular complexity index is 1090. The quantitative estimate of drug-likeness (QED) is 0.654. The first-order valence-corrected chi connectivity index (χ1v) is 9.53. The highest BCUT2D eigenvalue weighted by Crippen LogP contribution is 2.34. The Kier molecular flexibility index (Phi) is 5.07. The summed E-state index contributed by atoms with van der Waals surface area (Å²) in [5.74, 6) is -1.69. The van der Waals surface area contributed by atoms with Gasteiger partial charge < -0.3 is 10.8 Å². The number of rotatable bonds is 5. The van der Waals surface area contributed by atoms with E-state index in [1.54, 1.807) is 42.5 Å². The number of halogens is 1. The van der Waals surface area contributed by atoms with Gasteiger partial charge in [0.2, 0.25) is 0 Å². The fourth-order valence-corrected chi connectivity index (χ4v) is 4.18. The van der Waals surface area contributed by atoms with Crippen molar-refractivity contribution >= 4 is 15.8 Å². The van der Waals surface area contributed by atoms with Crippen molar-refractivity contribution in [2.24, 2.45) is 5.73 Å². The maximum absolute atomic E-state index is 13.1. The van der Waals surface area contributed by atoms with Gasteiger partial charge in [-0.2, -0.15) is 0 Å². The van der Waals surface area contributed by atoms with Crippen LogP contribution in [0, 0.1) is 5.82 Å². The molecule has 7 heteroatoms. The zero-order valence-corrected chi connectivity index (χ0v) is 14.9. The van der Waals surface area contributed by atoms with E-state index in [1.807, 2.05) is 0 Å². The zero-order valence-electron chi connectivity index (χ0n) is 14.0. The molecule has 0 aliphatic carbocycles. The Morgan fingerprint density at radius 1 is 0.889 bits per heavy atom. The van der Waals surface area contributed by atoms with E-state index in [9.17, 15) is 22.7 Å². The molecule has 1 unspecified atom stereocenters. The second kappa shape index (κ2) is 7.30. The summed E-state index contributed by atoms with van der Waals surface area (Å²) in [6.07, 6.45) is 0. The number of carboxylic acids is 1. The van der Waals surface area contributed by atoms with E-state index in [0.29, 0.717) is 11.1 Å². The van der Waals surface area contributed by atoms with Crippen molar-refractivity contribution in [3.8, 4) is 11.1 Å². The lowest BCUT2D eigenvalue weighted by Gasteiger charge is -2.18. The monoisotopic (exact) mass is 385 g/mol. The van der Waals surface area contributed by atoms with Gasteiger partial charge in [-0.3, -0.25) is 0 Å². The molecule has 0 amide bonds. The number of benzene rings is 3. The lowest BCUT2D eigenvalue weighted by molar-refractivity contribution is 0.0697. The van der Waals surface area contributed by atoms with E-state index in [2.05, 4.69) is 0 Å². The van der Waals surface area contributed by atoms with Crippen LogP contribution in [0.15, 0.2) is 77.7 Å². The Balaban J connectivity index is 2.14. The molecule has 0 saturated heterocycles. The van der Waals surface area contributed by atoms with Crippen LogP contribution < -0.4 is 5.73 Å². The third kappa shape index (κ3) is 3.60. The van der Waals surface area contributed by atoms with Gasteiger partial charge in [0.05, 0.1) is 10.5 Å². The second-order valence-electron chi connectivity index (χ2n) is 5.86. The molecular formula is C20H16FNO4S. The predicted molar refractivity (Wildman–Crippen MR) is 99.4 cm³/mol. The average molecular weight is 385 g/mol. The Labute approximate surface area is 155 Å². The van der Waals surface area contributed by atoms with Crippen molar-refractivity contribution in [1.82, 2.24) is 0 Å². The van der Waals surface area contributed by atoms with E-state index >= 15 is 0 Å². The van der Waals surface area contributed by atoms with Crippen molar-refractivity contribution < 1.29 is 22.7 Å². The van der Waals surface area contributed by atoms with Crippen LogP contribution in [0.4, 0.5) is 4.39 Å². The molecule has 0 heterocycles. The Morgan fingerprint density at radius 2 is 1.44 bits per heavy atom. The van der Waals surface area contributed by atoms with Gasteiger partial charge in [-0.15, -0.1) is 0 Å². The van der Waals surface area contributed by atoms with Crippen LogP contribution in [0.5, 0.6) is 0 Å². The highest BCUT2D eigenvalue weighted by molar-refractivity contribution is 7.91. The van der Waals surface area contributed by atoms with Gasteiger partial charge in [0.1, 0.15) is 11.2 Å². The van der Waals surface area contributed by atoms with E-state index < -0.39 is 27.0 Å². The standard InChI is InChI=1S/C20H16FNO4S/c21-13-9-11-14(12-10-13)27(25,26)19(22)17-7-3-1-5-15(17)16-6-2-4-8-18(16)20(23)24/h1-12,19H,22H2,(H,23,24). The molecule has 3 N–H and O–H groups in total. The highest BCUT2D eigenvalue weighted by Gasteiger charge is 2.28. The minimum Gasteiger partial charge on any atom is -0.478 e. The molecule has 0 aliphatic rings. The van der Waals surface area contributed by atoms with Crippen molar-refractivity contribution in [3.63, 3.8) is 0 Å². The Morgan fingerprint density at radius 3 is 2.07 bits per heavy atom. The maximum Gasteiger partial charge on any atom is 0.336 e. The first-order valence-electron chi connectivity index (χ1n) is 7.99. The minimum atomic E-state index is -4.01. The van der Waals surface area contributed by atoms with Gasteiger partial charge in [0, 0.05) is 0 Å². The van der Waals surface area contributed by atoms with E-state index in [1.165, 1.54) is 6.07 Å². The normalized spacial score (nSPS) is 12.5. The number of nitrogens with two attached hydrogens (primary N) is 1. The van der Waals surface area contributed by atoms with Crippen molar-refractivity contribution in [2.75, 3.05) is 0 Å². The molecular weight excluding hydrogens is 369 g/mol. The topological polar surface area (TPSA) is 97.5 Å². The fraction of sp³-hybridized carbons (Fsp3) is 0.0500. The number of aromatic carboxylic acids is 1. The molecule has 0 saturated carbocycles. The van der Waals surface area contributed by atoms with E-state index in [0.717, 1.165) is 24.3 Å². The second-order valence-corrected chi connectivity index (χ2v) is 7.93. The highest BCUT2D eigenvalue weighted by atomic mass is 32.2. The molecule has 27 heavy (non-hydrogen) atoms. The SMILES string of the molecule is NC(c1ccccc1-c1ccccc1C(=O)O)S(=O)(=O)c1ccc(F)cc1. The molecule has 0 radical (unpaired) electrons. The zero-order chi connectivity index (χ0) is 19.6. The summed E-state index contributed by atoms with van der Waals surface area (Å²) in [5, 5.41) is 7.99. The van der Waals surface area contributed by atoms with Crippen molar-refractivity contribution in [1.29, 1.82) is 0 Å². The molecule has 3 rings (SSSR count). The summed E-state index contributed by atoms with van der Waals surface area (Å²) in [5.41, 5.74) is 7.15. The molecule has 0 aromatic heterocycles. The van der Waals surface area contributed by atoms with Crippen LogP contribution >= 0.6 is 0 Å². The molecule has 5 nitrogen and oxygen atoms in total. The smallest absolute Gasteiger partial charge is 0.336 e. The van der Waals surface area contributed by atoms with Crippen molar-refractivity contribution in [3.05, 3.63) is 89.7 Å². The summed E-state index contributed by atoms with van der Waals surface area (Å²) in [7, 11) is -4.01. The average Bonchev–Trinajstić information content (AvgIpc) is 2.67. The largest absolute Gasteiger partial charge is 0.478 e. The van der Waals surface area contributed by atoms with Gasteiger partial charge in [0.15, 0.2) is 9.84 Å². The molecule has 138 valence electrons. The summed E-state index contributed by atoms with van der Waals surface area (Å²) in [6, 6.07) is 17.2. The molecule has 0 bridgehead atoms. The first kappa shape index (κ1) is 18.8. The first-order chi connectivity index (χ1) is 12.8. The van der Waals surface area contributed by atoms with Gasteiger partial charge in [-0.1, -0.05) is 42.5 Å². The molecule has 0 fully saturated rings. The summed E-state index contributed by atoms with van der Waals surface area (Å²) < 4.78 is 38.9. The fourth-order valence-electron chi connectivity index (χ4n) is 2.83. The summed E-state index contributed by atoms with van der Waals surface area (Å²) in [4.78, 5) is 11.4. The van der Waals surface area contributed by atoms with Crippen LogP contribution in [-0.4, -0.2) is 19.5 Å². The lowest BCUT2D eigenvalue weighted by atomic mass is 9.95. The third-order valence-corrected chi connectivity index (χ3v) is 6.04. The van der Waals surface area contributed by atoms with Crippen LogP contribution in [0.3, 0.4) is 0 Å². The van der Waals surface area contributed by atoms with Crippen molar-refractivity contribution in [2.45, 2.75) is 10.3 Å². The number of carboxylic acid groups (broad SMARTS) is 1. The third-order valence-electron chi connectivity index (χ3n) is 4.19. The molecule has 0 spiro atoms. The molecule has 3 aromatic carbocycles. The van der Waals surface area contributed by atoms with E-state index in [4.69, 9.17) is 5.73 Å². The lowest BCUT2D eigenvalue weighted by Crippen LogP contribution is -2.23. The molecule has 0 aliphatic heterocycles. The summed E-state index contributed by atoms with van der Waals surface area (Å²) in [6.45, 7) is 0. The maximum atomic E-state index is 13.1. The summed E-state index contributed by atoms with van der Waals surface area (Å²) >= 11 is 0. The minimum absolute atomic E-state index is 0.0383. The van der Waals surface area contributed by atoms with Crippen LogP contribution in [0.25, 0.3) is 11.1 Å². The number of hydrogen-bond donors (Lipinski definition) is 2.